The van der Waals surface area contributed by atoms with Crippen molar-refractivity contribution in [3.8, 4) is 0 Å². The molecule has 0 spiro atoms. The number of hydrogen-bond donors (Lipinski definition) is 2. The summed E-state index contributed by atoms with van der Waals surface area (Å²) in [6.45, 7) is 5.27. The van der Waals surface area contributed by atoms with Crippen LogP contribution in [0.2, 0.25) is 0 Å². The van der Waals surface area contributed by atoms with Crippen molar-refractivity contribution >= 4 is 23.3 Å². The van der Waals surface area contributed by atoms with E-state index < -0.39 is 16.9 Å². The maximum absolute atomic E-state index is 11.0. The molecule has 0 radical (unpaired) electrons. The second-order valence-electron chi connectivity index (χ2n) is 3.25. The van der Waals surface area contributed by atoms with Gasteiger partial charge < -0.3 is 10.1 Å². The van der Waals surface area contributed by atoms with Gasteiger partial charge in [0, 0.05) is 7.05 Å². The third-order valence-corrected chi connectivity index (χ3v) is 1.38. The van der Waals surface area contributed by atoms with Crippen LogP contribution in [0.1, 0.15) is 20.8 Å². The van der Waals surface area contributed by atoms with E-state index in [4.69, 9.17) is 4.74 Å². The van der Waals surface area contributed by atoms with Gasteiger partial charge in [0.2, 0.25) is 0 Å². The first-order valence-electron chi connectivity index (χ1n) is 3.72. The smallest absolute Gasteiger partial charge is 0.388 e. The first-order valence-corrected chi connectivity index (χ1v) is 4.54. The molecule has 0 aliphatic heterocycles. The maximum Gasteiger partial charge on any atom is 0.388 e. The molecule has 0 rings (SSSR count). The van der Waals surface area contributed by atoms with E-state index in [0.29, 0.717) is 11.9 Å². The number of hydrogen-bond acceptors (Lipinski definition) is 4. The lowest BCUT2D eigenvalue weighted by Crippen LogP contribution is -2.30. The maximum atomic E-state index is 11.0. The van der Waals surface area contributed by atoms with Crippen molar-refractivity contribution < 1.29 is 14.3 Å². The lowest BCUT2D eigenvalue weighted by atomic mass is 10.2. The molecule has 0 aromatic heterocycles. The average molecular weight is 206 g/mol. The van der Waals surface area contributed by atoms with E-state index in [-0.39, 0.29) is 0 Å². The number of nitrogens with one attached hydrogen (secondary N) is 2. The summed E-state index contributed by atoms with van der Waals surface area (Å²) < 4.78 is 7.16. The fraction of sp³-hybridized carbons (Fsp3) is 0.714. The van der Waals surface area contributed by atoms with Gasteiger partial charge in [0.1, 0.15) is 5.60 Å². The molecule has 0 aromatic rings. The summed E-state index contributed by atoms with van der Waals surface area (Å²) in [5.74, 6) is 0. The molecule has 0 saturated heterocycles. The van der Waals surface area contributed by atoms with E-state index in [9.17, 15) is 9.59 Å². The van der Waals surface area contributed by atoms with Crippen LogP contribution < -0.4 is 10.0 Å². The van der Waals surface area contributed by atoms with Gasteiger partial charge in [-0.15, -0.1) is 0 Å². The summed E-state index contributed by atoms with van der Waals surface area (Å²) in [5, 5.41) is 1.77. The highest BCUT2D eigenvalue weighted by Crippen LogP contribution is 2.12. The van der Waals surface area contributed by atoms with Crippen LogP contribution in [0.5, 0.6) is 0 Å². The monoisotopic (exact) mass is 206 g/mol. The Morgan fingerprint density at radius 2 is 1.85 bits per heavy atom. The molecule has 0 aliphatic rings. The molecule has 0 heterocycles. The second-order valence-corrected chi connectivity index (χ2v) is 3.99. The van der Waals surface area contributed by atoms with Crippen LogP contribution in [-0.2, 0) is 4.74 Å². The molecule has 13 heavy (non-hydrogen) atoms. The summed E-state index contributed by atoms with van der Waals surface area (Å²) >= 11 is 0.613. The molecular weight excluding hydrogens is 192 g/mol. The minimum atomic E-state index is -0.533. The molecule has 0 unspecified atom stereocenters. The van der Waals surface area contributed by atoms with Crippen LogP contribution in [0.3, 0.4) is 0 Å². The predicted molar refractivity (Wildman–Crippen MR) is 51.4 cm³/mol. The van der Waals surface area contributed by atoms with Crippen molar-refractivity contribution in [2.24, 2.45) is 0 Å². The summed E-state index contributed by atoms with van der Waals surface area (Å²) in [5.41, 5.74) is -0.533. The Hall–Kier alpha value is -0.910. The van der Waals surface area contributed by atoms with E-state index in [1.54, 1.807) is 20.8 Å². The van der Waals surface area contributed by atoms with Crippen LogP contribution in [0, 0.1) is 0 Å². The molecule has 6 heteroatoms. The molecule has 0 bridgehead atoms. The number of amides is 2. The summed E-state index contributed by atoms with van der Waals surface area (Å²) in [6.07, 6.45) is 0. The summed E-state index contributed by atoms with van der Waals surface area (Å²) in [7, 11) is 1.46. The van der Waals surface area contributed by atoms with Gasteiger partial charge >= 0.3 is 11.3 Å². The number of ether oxygens (including phenoxy) is 1. The van der Waals surface area contributed by atoms with Crippen molar-refractivity contribution in [2.45, 2.75) is 26.4 Å². The molecule has 0 saturated carbocycles. The molecule has 5 nitrogen and oxygen atoms in total. The Morgan fingerprint density at radius 3 is 2.23 bits per heavy atom. The number of urea groups is 1. The van der Waals surface area contributed by atoms with E-state index in [1.165, 1.54) is 7.05 Å². The minimum absolute atomic E-state index is 0.434. The fourth-order valence-corrected chi connectivity index (χ4v) is 0.980. The van der Waals surface area contributed by atoms with Gasteiger partial charge in [-0.25, -0.2) is 9.59 Å². The zero-order valence-corrected chi connectivity index (χ0v) is 8.95. The highest BCUT2D eigenvalue weighted by molar-refractivity contribution is 8.12. The summed E-state index contributed by atoms with van der Waals surface area (Å²) in [4.78, 5) is 21.6. The van der Waals surface area contributed by atoms with E-state index in [0.717, 1.165) is 0 Å². The second kappa shape index (κ2) is 4.96. The number of rotatable bonds is 0. The molecule has 76 valence electrons. The van der Waals surface area contributed by atoms with E-state index in [2.05, 4.69) is 10.0 Å². The minimum Gasteiger partial charge on any atom is -0.451 e. The molecule has 2 amide bonds. The van der Waals surface area contributed by atoms with Gasteiger partial charge in [-0.05, 0) is 20.8 Å². The van der Waals surface area contributed by atoms with Crippen LogP contribution in [0.4, 0.5) is 9.59 Å². The lowest BCUT2D eigenvalue weighted by molar-refractivity contribution is 0.0736. The molecule has 0 fully saturated rings. The summed E-state index contributed by atoms with van der Waals surface area (Å²) in [6, 6.07) is -0.434. The first-order chi connectivity index (χ1) is 5.85. The van der Waals surface area contributed by atoms with E-state index >= 15 is 0 Å². The molecule has 0 aliphatic carbocycles. The Bertz CT molecular complexity index is 200. The Morgan fingerprint density at radius 1 is 1.31 bits per heavy atom. The van der Waals surface area contributed by atoms with Crippen molar-refractivity contribution in [3.05, 3.63) is 0 Å². The zero-order valence-electron chi connectivity index (χ0n) is 8.13. The van der Waals surface area contributed by atoms with Crippen molar-refractivity contribution in [1.82, 2.24) is 10.0 Å². The molecule has 0 atom stereocenters. The van der Waals surface area contributed by atoms with Crippen LogP contribution in [0.25, 0.3) is 0 Å². The van der Waals surface area contributed by atoms with Gasteiger partial charge in [-0.2, -0.15) is 0 Å². The quantitative estimate of drug-likeness (QED) is 0.465. The lowest BCUT2D eigenvalue weighted by Gasteiger charge is -2.18. The van der Waals surface area contributed by atoms with Crippen LogP contribution >= 0.6 is 11.9 Å². The van der Waals surface area contributed by atoms with Crippen molar-refractivity contribution in [3.63, 3.8) is 0 Å². The van der Waals surface area contributed by atoms with Gasteiger partial charge in [0.05, 0.1) is 11.9 Å². The fourth-order valence-electron chi connectivity index (χ4n) is 0.410. The third kappa shape index (κ3) is 7.45. The Balaban J connectivity index is 3.71. The normalized spacial score (nSPS) is 10.5. The number of carbonyl (C=O) groups is 2. The first kappa shape index (κ1) is 12.1. The molecular formula is C7H14N2O3S. The third-order valence-electron chi connectivity index (χ3n) is 0.844. The molecule has 2 N–H and O–H groups in total. The van der Waals surface area contributed by atoms with Gasteiger partial charge in [-0.1, -0.05) is 0 Å². The zero-order chi connectivity index (χ0) is 10.5. The van der Waals surface area contributed by atoms with Gasteiger partial charge in [0.15, 0.2) is 0 Å². The number of carbonyl (C=O) groups excluding carboxylic acids is 2. The van der Waals surface area contributed by atoms with Crippen molar-refractivity contribution in [2.75, 3.05) is 7.05 Å². The predicted octanol–water partition coefficient (Wildman–Crippen LogP) is 1.50. The van der Waals surface area contributed by atoms with Gasteiger partial charge in [0.25, 0.3) is 0 Å². The Kier molecular flexibility index (Phi) is 4.61. The highest BCUT2D eigenvalue weighted by Gasteiger charge is 2.17. The topological polar surface area (TPSA) is 67.4 Å². The van der Waals surface area contributed by atoms with Crippen LogP contribution in [0.15, 0.2) is 0 Å². The Labute approximate surface area is 81.7 Å². The SMILES string of the molecule is CNC(=O)NSC(=O)OC(C)(C)C. The standard InChI is InChI=1S/C7H14N2O3S/c1-7(2,3)12-6(11)13-9-5(10)8-4/h1-4H3,(H2,8,9,10). The van der Waals surface area contributed by atoms with Gasteiger partial charge in [-0.3, -0.25) is 4.72 Å². The average Bonchev–Trinajstić information content (AvgIpc) is 1.97. The van der Waals surface area contributed by atoms with E-state index in [1.807, 2.05) is 0 Å². The highest BCUT2D eigenvalue weighted by atomic mass is 32.2. The largest absolute Gasteiger partial charge is 0.451 e. The van der Waals surface area contributed by atoms with Crippen molar-refractivity contribution in [1.29, 1.82) is 0 Å². The van der Waals surface area contributed by atoms with Crippen LogP contribution in [-0.4, -0.2) is 24.0 Å². The molecule has 0 aromatic carbocycles.